The monoisotopic (exact) mass is 489 g/mol. The van der Waals surface area contributed by atoms with Crippen molar-refractivity contribution in [2.45, 2.75) is 51.1 Å². The van der Waals surface area contributed by atoms with Crippen LogP contribution in [0.15, 0.2) is 27.8 Å². The van der Waals surface area contributed by atoms with Gasteiger partial charge in [-0.2, -0.15) is 0 Å². The number of likely N-dealkylation sites (tertiary alicyclic amines) is 1. The first-order valence-corrected chi connectivity index (χ1v) is 9.85. The van der Waals surface area contributed by atoms with E-state index >= 15 is 0 Å². The van der Waals surface area contributed by atoms with E-state index in [4.69, 9.17) is 4.42 Å². The molecule has 0 aromatic carbocycles. The van der Waals surface area contributed by atoms with Crippen LogP contribution in [-0.2, 0) is 4.79 Å². The summed E-state index contributed by atoms with van der Waals surface area (Å²) in [6, 6.07) is 4.52. The van der Waals surface area contributed by atoms with Gasteiger partial charge >= 0.3 is 0 Å². The predicted molar refractivity (Wildman–Crippen MR) is 117 cm³/mol. The van der Waals surface area contributed by atoms with Crippen LogP contribution in [0.1, 0.15) is 50.8 Å². The summed E-state index contributed by atoms with van der Waals surface area (Å²) >= 11 is 0. The van der Waals surface area contributed by atoms with Gasteiger partial charge in [0.25, 0.3) is 0 Å². The maximum Gasteiger partial charge on any atom is 0.242 e. The quantitative estimate of drug-likeness (QED) is 0.297. The van der Waals surface area contributed by atoms with Crippen LogP contribution in [0.5, 0.6) is 0 Å². The summed E-state index contributed by atoms with van der Waals surface area (Å²) in [6.07, 6.45) is 7.67. The molecule has 1 aromatic rings. The van der Waals surface area contributed by atoms with Gasteiger partial charge in [-0.1, -0.05) is 6.42 Å². The lowest BCUT2D eigenvalue weighted by molar-refractivity contribution is -0.119. The molecule has 27 heavy (non-hydrogen) atoms. The molecule has 8 heteroatoms. The van der Waals surface area contributed by atoms with Gasteiger partial charge in [0, 0.05) is 19.1 Å². The molecule has 0 radical (unpaired) electrons. The number of rotatable bonds is 8. The van der Waals surface area contributed by atoms with Gasteiger partial charge in [-0.05, 0) is 57.8 Å². The second kappa shape index (κ2) is 11.5. The highest BCUT2D eigenvalue weighted by Crippen LogP contribution is 2.24. The number of hydrogen-bond acceptors (Lipinski definition) is 4. The van der Waals surface area contributed by atoms with E-state index in [0.717, 1.165) is 38.2 Å². The van der Waals surface area contributed by atoms with E-state index < -0.39 is 0 Å². The molecule has 2 fully saturated rings. The first-order chi connectivity index (χ1) is 12.8. The van der Waals surface area contributed by atoms with Gasteiger partial charge < -0.3 is 20.4 Å². The molecule has 2 aliphatic rings. The number of nitrogens with zero attached hydrogens (tertiary/aromatic N) is 2. The van der Waals surface area contributed by atoms with Gasteiger partial charge in [-0.15, -0.1) is 24.0 Å². The topological polar surface area (TPSA) is 81.9 Å². The number of halogens is 1. The lowest BCUT2D eigenvalue weighted by atomic mass is 10.1. The second-order valence-corrected chi connectivity index (χ2v) is 7.05. The zero-order valence-corrected chi connectivity index (χ0v) is 18.4. The first kappa shape index (κ1) is 22.0. The Hall–Kier alpha value is -1.29. The Kier molecular flexibility index (Phi) is 9.40. The molecular formula is C19H32IN5O2. The summed E-state index contributed by atoms with van der Waals surface area (Å²) < 4.78 is 5.68. The summed E-state index contributed by atoms with van der Waals surface area (Å²) in [5.74, 6) is 1.64. The lowest BCUT2D eigenvalue weighted by Crippen LogP contribution is -2.44. The van der Waals surface area contributed by atoms with Gasteiger partial charge in [-0.25, -0.2) is 4.99 Å². The molecule has 3 N–H and O–H groups in total. The summed E-state index contributed by atoms with van der Waals surface area (Å²) in [5, 5.41) is 9.57. The number of piperidine rings is 1. The van der Waals surface area contributed by atoms with Crippen molar-refractivity contribution < 1.29 is 9.21 Å². The minimum absolute atomic E-state index is 0. The largest absolute Gasteiger partial charge is 0.468 e. The minimum Gasteiger partial charge on any atom is -0.468 e. The Labute approximate surface area is 178 Å². The molecule has 0 bridgehead atoms. The van der Waals surface area contributed by atoms with E-state index in [9.17, 15) is 4.79 Å². The van der Waals surface area contributed by atoms with Gasteiger partial charge in [0.05, 0.1) is 12.3 Å². The Morgan fingerprint density at radius 2 is 2.07 bits per heavy atom. The zero-order chi connectivity index (χ0) is 18.2. The minimum atomic E-state index is -0.0108. The fourth-order valence-electron chi connectivity index (χ4n) is 3.31. The van der Waals surface area contributed by atoms with Crippen molar-refractivity contribution in [3.8, 4) is 0 Å². The Morgan fingerprint density at radius 3 is 2.70 bits per heavy atom. The van der Waals surface area contributed by atoms with Gasteiger partial charge in [-0.3, -0.25) is 9.69 Å². The molecule has 7 nitrogen and oxygen atoms in total. The fourth-order valence-corrected chi connectivity index (χ4v) is 3.31. The molecule has 1 atom stereocenters. The number of nitrogens with one attached hydrogen (secondary N) is 3. The molecule has 1 amide bonds. The summed E-state index contributed by atoms with van der Waals surface area (Å²) in [5.41, 5.74) is 0. The van der Waals surface area contributed by atoms with Crippen LogP contribution >= 0.6 is 24.0 Å². The van der Waals surface area contributed by atoms with Crippen molar-refractivity contribution in [3.63, 3.8) is 0 Å². The van der Waals surface area contributed by atoms with Crippen LogP contribution in [0.4, 0.5) is 0 Å². The van der Waals surface area contributed by atoms with E-state index in [-0.39, 0.29) is 42.5 Å². The average Bonchev–Trinajstić information content (AvgIpc) is 3.30. The van der Waals surface area contributed by atoms with E-state index in [0.29, 0.717) is 18.5 Å². The molecule has 1 saturated carbocycles. The number of amides is 1. The van der Waals surface area contributed by atoms with Gasteiger partial charge in [0.15, 0.2) is 5.96 Å². The van der Waals surface area contributed by atoms with Gasteiger partial charge in [0.1, 0.15) is 12.3 Å². The average molecular weight is 489 g/mol. The Balaban J connectivity index is 0.00000261. The third-order valence-corrected chi connectivity index (χ3v) is 4.83. The van der Waals surface area contributed by atoms with E-state index in [2.05, 4.69) is 25.8 Å². The van der Waals surface area contributed by atoms with Crippen molar-refractivity contribution in [1.29, 1.82) is 0 Å². The highest BCUT2D eigenvalue weighted by molar-refractivity contribution is 14.0. The van der Waals surface area contributed by atoms with Crippen LogP contribution in [0.25, 0.3) is 0 Å². The smallest absolute Gasteiger partial charge is 0.242 e. The van der Waals surface area contributed by atoms with Crippen molar-refractivity contribution in [2.75, 3.05) is 32.7 Å². The van der Waals surface area contributed by atoms with E-state index in [1.54, 1.807) is 6.26 Å². The highest BCUT2D eigenvalue weighted by atomic mass is 127. The molecule has 0 spiro atoms. The molecule has 1 aliphatic carbocycles. The summed E-state index contributed by atoms with van der Waals surface area (Å²) in [4.78, 5) is 18.8. The SMILES string of the molecule is CCNC(=NCC(=O)NC1CC1)NCC(c1ccco1)N1CCCCC1.I. The molecule has 2 heterocycles. The number of furan rings is 1. The van der Waals surface area contributed by atoms with E-state index in [1.165, 1.54) is 19.3 Å². The number of hydrogen-bond donors (Lipinski definition) is 3. The van der Waals surface area contributed by atoms with Gasteiger partial charge in [0.2, 0.25) is 5.91 Å². The maximum atomic E-state index is 11.9. The Morgan fingerprint density at radius 1 is 1.30 bits per heavy atom. The number of guanidine groups is 1. The van der Waals surface area contributed by atoms with Crippen LogP contribution in [0, 0.1) is 0 Å². The van der Waals surface area contributed by atoms with Crippen molar-refractivity contribution in [2.24, 2.45) is 4.99 Å². The summed E-state index contributed by atoms with van der Waals surface area (Å²) in [7, 11) is 0. The van der Waals surface area contributed by atoms with Crippen LogP contribution in [0.2, 0.25) is 0 Å². The normalized spacial score (nSPS) is 19.1. The molecule has 1 aliphatic heterocycles. The maximum absolute atomic E-state index is 11.9. The van der Waals surface area contributed by atoms with Crippen LogP contribution in [0.3, 0.4) is 0 Å². The van der Waals surface area contributed by atoms with Crippen LogP contribution < -0.4 is 16.0 Å². The molecular weight excluding hydrogens is 457 g/mol. The third-order valence-electron chi connectivity index (χ3n) is 4.83. The van der Waals surface area contributed by atoms with Crippen molar-refractivity contribution in [3.05, 3.63) is 24.2 Å². The standard InChI is InChI=1S/C19H31N5O2.HI/c1-2-20-19(22-14-18(25)23-15-8-9-15)21-13-16(17-7-6-12-26-17)24-10-4-3-5-11-24;/h6-7,12,15-16H,2-5,8-11,13-14H2,1H3,(H,23,25)(H2,20,21,22);1H. The number of carbonyl (C=O) groups is 1. The third kappa shape index (κ3) is 7.33. The second-order valence-electron chi connectivity index (χ2n) is 7.05. The number of carbonyl (C=O) groups excluding carboxylic acids is 1. The summed E-state index contributed by atoms with van der Waals surface area (Å²) in [6.45, 7) is 5.81. The molecule has 152 valence electrons. The highest BCUT2D eigenvalue weighted by Gasteiger charge is 2.25. The fraction of sp³-hybridized carbons (Fsp3) is 0.684. The number of aliphatic imine (C=N–C) groups is 1. The molecule has 1 aromatic heterocycles. The molecule has 1 saturated heterocycles. The van der Waals surface area contributed by atoms with Crippen molar-refractivity contribution >= 4 is 35.8 Å². The molecule has 3 rings (SSSR count). The molecule has 1 unspecified atom stereocenters. The van der Waals surface area contributed by atoms with Crippen LogP contribution in [-0.4, -0.2) is 55.5 Å². The van der Waals surface area contributed by atoms with Crippen molar-refractivity contribution in [1.82, 2.24) is 20.9 Å². The lowest BCUT2D eigenvalue weighted by Gasteiger charge is -2.33. The predicted octanol–water partition coefficient (Wildman–Crippen LogP) is 2.26. The van der Waals surface area contributed by atoms with E-state index in [1.807, 2.05) is 19.1 Å². The zero-order valence-electron chi connectivity index (χ0n) is 16.1. The Bertz CT molecular complexity index is 583. The first-order valence-electron chi connectivity index (χ1n) is 9.85.